The molecule has 3 nitrogen and oxygen atoms in total. The number of methoxy groups -OCH3 is 1. The molecule has 0 amide bonds. The fourth-order valence-electron chi connectivity index (χ4n) is 2.86. The Bertz CT molecular complexity index is 438. The molecule has 2 N–H and O–H groups in total. The molecular weight excluding hydrogens is 257 g/mol. The number of nitrogens with one attached hydrogen (secondary N) is 1. The largest absolute Gasteiger partial charge is 0.494 e. The predicted molar refractivity (Wildman–Crippen MR) is 77.3 cm³/mol. The molecule has 0 heterocycles. The third kappa shape index (κ3) is 3.93. The highest BCUT2D eigenvalue weighted by molar-refractivity contribution is 5.31. The molecule has 3 unspecified atom stereocenters. The van der Waals surface area contributed by atoms with Crippen LogP contribution in [0.25, 0.3) is 0 Å². The molecule has 0 spiro atoms. The minimum Gasteiger partial charge on any atom is -0.494 e. The summed E-state index contributed by atoms with van der Waals surface area (Å²) in [6.07, 6.45) is 3.94. The van der Waals surface area contributed by atoms with Gasteiger partial charge in [0, 0.05) is 6.04 Å². The zero-order valence-electron chi connectivity index (χ0n) is 12.2. The van der Waals surface area contributed by atoms with E-state index >= 15 is 0 Å². The highest BCUT2D eigenvalue weighted by atomic mass is 19.1. The van der Waals surface area contributed by atoms with Crippen LogP contribution < -0.4 is 10.1 Å². The maximum atomic E-state index is 13.4. The van der Waals surface area contributed by atoms with E-state index in [1.54, 1.807) is 12.1 Å². The Morgan fingerprint density at radius 1 is 1.45 bits per heavy atom. The lowest BCUT2D eigenvalue weighted by Crippen LogP contribution is -2.30. The van der Waals surface area contributed by atoms with Gasteiger partial charge in [-0.3, -0.25) is 0 Å². The molecule has 1 aliphatic rings. The maximum Gasteiger partial charge on any atom is 0.165 e. The van der Waals surface area contributed by atoms with Gasteiger partial charge in [-0.1, -0.05) is 12.5 Å². The Kier molecular flexibility index (Phi) is 5.38. The monoisotopic (exact) mass is 281 g/mol. The van der Waals surface area contributed by atoms with Gasteiger partial charge in [-0.25, -0.2) is 4.39 Å². The molecule has 4 heteroatoms. The summed E-state index contributed by atoms with van der Waals surface area (Å²) >= 11 is 0. The lowest BCUT2D eigenvalue weighted by atomic mass is 9.87. The van der Waals surface area contributed by atoms with Crippen molar-refractivity contribution in [2.75, 3.05) is 13.7 Å². The van der Waals surface area contributed by atoms with Crippen LogP contribution in [0.4, 0.5) is 4.39 Å². The van der Waals surface area contributed by atoms with Gasteiger partial charge in [0.15, 0.2) is 11.6 Å². The molecule has 1 aliphatic carbocycles. The highest BCUT2D eigenvalue weighted by Crippen LogP contribution is 2.26. The van der Waals surface area contributed by atoms with Gasteiger partial charge in [0.05, 0.1) is 13.2 Å². The van der Waals surface area contributed by atoms with Crippen molar-refractivity contribution in [3.63, 3.8) is 0 Å². The second-order valence-corrected chi connectivity index (χ2v) is 5.71. The zero-order valence-corrected chi connectivity index (χ0v) is 12.2. The van der Waals surface area contributed by atoms with Gasteiger partial charge in [-0.05, 0) is 56.3 Å². The standard InChI is InChI=1S/C16H24FNO2/c1-11(13-6-7-15(17)16(9-13)20-2)18-10-12-4-3-5-14(19)8-12/h6-7,9,11-12,14,18-19H,3-5,8,10H2,1-2H3. The Balaban J connectivity index is 1.89. The zero-order chi connectivity index (χ0) is 14.5. The summed E-state index contributed by atoms with van der Waals surface area (Å²) in [5.74, 6) is 0.478. The van der Waals surface area contributed by atoms with E-state index in [4.69, 9.17) is 4.74 Å². The molecule has 2 rings (SSSR count). The minimum atomic E-state index is -0.334. The van der Waals surface area contributed by atoms with Gasteiger partial charge in [-0.15, -0.1) is 0 Å². The maximum absolute atomic E-state index is 13.4. The molecule has 112 valence electrons. The van der Waals surface area contributed by atoms with Crippen LogP contribution in [0.5, 0.6) is 5.75 Å². The molecular formula is C16H24FNO2. The number of benzene rings is 1. The van der Waals surface area contributed by atoms with Crippen molar-refractivity contribution in [1.29, 1.82) is 0 Å². The van der Waals surface area contributed by atoms with E-state index in [2.05, 4.69) is 12.2 Å². The van der Waals surface area contributed by atoms with Gasteiger partial charge in [0.1, 0.15) is 0 Å². The fraction of sp³-hybridized carbons (Fsp3) is 0.625. The molecule has 3 atom stereocenters. The smallest absolute Gasteiger partial charge is 0.165 e. The van der Waals surface area contributed by atoms with Crippen LogP contribution in [0.15, 0.2) is 18.2 Å². The van der Waals surface area contributed by atoms with E-state index in [-0.39, 0.29) is 23.7 Å². The van der Waals surface area contributed by atoms with E-state index in [0.717, 1.165) is 31.4 Å². The van der Waals surface area contributed by atoms with Crippen LogP contribution >= 0.6 is 0 Å². The van der Waals surface area contributed by atoms with E-state index in [1.807, 2.05) is 0 Å². The average Bonchev–Trinajstić information content (AvgIpc) is 2.45. The summed E-state index contributed by atoms with van der Waals surface area (Å²) in [5.41, 5.74) is 1.01. The van der Waals surface area contributed by atoms with E-state index in [0.29, 0.717) is 5.92 Å². The lowest BCUT2D eigenvalue weighted by molar-refractivity contribution is 0.0998. The second-order valence-electron chi connectivity index (χ2n) is 5.71. The third-order valence-electron chi connectivity index (χ3n) is 4.14. The molecule has 0 bridgehead atoms. The molecule has 0 saturated heterocycles. The van der Waals surface area contributed by atoms with E-state index in [9.17, 15) is 9.50 Å². The number of hydrogen-bond acceptors (Lipinski definition) is 3. The van der Waals surface area contributed by atoms with Gasteiger partial charge < -0.3 is 15.2 Å². The summed E-state index contributed by atoms with van der Waals surface area (Å²) < 4.78 is 18.4. The third-order valence-corrected chi connectivity index (χ3v) is 4.14. The summed E-state index contributed by atoms with van der Waals surface area (Å²) in [6, 6.07) is 5.11. The van der Waals surface area contributed by atoms with Crippen molar-refractivity contribution < 1.29 is 14.2 Å². The van der Waals surface area contributed by atoms with E-state index < -0.39 is 0 Å². The topological polar surface area (TPSA) is 41.5 Å². The van der Waals surface area contributed by atoms with Crippen LogP contribution in [-0.2, 0) is 0 Å². The Hall–Kier alpha value is -1.13. The Morgan fingerprint density at radius 3 is 2.95 bits per heavy atom. The van der Waals surface area contributed by atoms with Crippen molar-refractivity contribution in [3.8, 4) is 5.75 Å². The number of aliphatic hydroxyl groups excluding tert-OH is 1. The molecule has 1 saturated carbocycles. The summed E-state index contributed by atoms with van der Waals surface area (Å²) in [5, 5.41) is 13.1. The highest BCUT2D eigenvalue weighted by Gasteiger charge is 2.20. The van der Waals surface area contributed by atoms with Gasteiger partial charge in [0.25, 0.3) is 0 Å². The number of halogens is 1. The van der Waals surface area contributed by atoms with Crippen molar-refractivity contribution in [2.45, 2.75) is 44.8 Å². The molecule has 0 radical (unpaired) electrons. The normalized spacial score (nSPS) is 24.4. The first-order chi connectivity index (χ1) is 9.60. The van der Waals surface area contributed by atoms with Crippen molar-refractivity contribution in [2.24, 2.45) is 5.92 Å². The molecule has 1 aromatic rings. The van der Waals surface area contributed by atoms with Crippen molar-refractivity contribution >= 4 is 0 Å². The predicted octanol–water partition coefficient (Wildman–Crippen LogP) is 3.04. The summed E-state index contributed by atoms with van der Waals surface area (Å²) in [4.78, 5) is 0. The fourth-order valence-corrected chi connectivity index (χ4v) is 2.86. The lowest BCUT2D eigenvalue weighted by Gasteiger charge is -2.27. The Morgan fingerprint density at radius 2 is 2.25 bits per heavy atom. The first-order valence-corrected chi connectivity index (χ1v) is 7.35. The number of rotatable bonds is 5. The SMILES string of the molecule is COc1cc(C(C)NCC2CCCC(O)C2)ccc1F. The molecule has 20 heavy (non-hydrogen) atoms. The minimum absolute atomic E-state index is 0.142. The number of aliphatic hydroxyl groups is 1. The molecule has 1 fully saturated rings. The van der Waals surface area contributed by atoms with Gasteiger partial charge >= 0.3 is 0 Å². The van der Waals surface area contributed by atoms with Crippen LogP contribution in [0.2, 0.25) is 0 Å². The Labute approximate surface area is 120 Å². The van der Waals surface area contributed by atoms with Gasteiger partial charge in [-0.2, -0.15) is 0 Å². The number of ether oxygens (including phenoxy) is 1. The summed E-state index contributed by atoms with van der Waals surface area (Å²) in [6.45, 7) is 2.95. The van der Waals surface area contributed by atoms with Crippen LogP contribution in [-0.4, -0.2) is 24.9 Å². The average molecular weight is 281 g/mol. The van der Waals surface area contributed by atoms with Gasteiger partial charge in [0.2, 0.25) is 0 Å². The van der Waals surface area contributed by atoms with Crippen LogP contribution in [0.3, 0.4) is 0 Å². The summed E-state index contributed by atoms with van der Waals surface area (Å²) in [7, 11) is 1.48. The van der Waals surface area contributed by atoms with Crippen LogP contribution in [0, 0.1) is 11.7 Å². The molecule has 0 aliphatic heterocycles. The van der Waals surface area contributed by atoms with E-state index in [1.165, 1.54) is 19.6 Å². The van der Waals surface area contributed by atoms with Crippen LogP contribution in [0.1, 0.15) is 44.2 Å². The second kappa shape index (κ2) is 7.04. The molecule has 1 aromatic carbocycles. The first kappa shape index (κ1) is 15.3. The van der Waals surface area contributed by atoms with Crippen molar-refractivity contribution in [3.05, 3.63) is 29.6 Å². The van der Waals surface area contributed by atoms with Crippen molar-refractivity contribution in [1.82, 2.24) is 5.32 Å². The number of hydrogen-bond donors (Lipinski definition) is 2. The molecule has 0 aromatic heterocycles. The quantitative estimate of drug-likeness (QED) is 0.871. The first-order valence-electron chi connectivity index (χ1n) is 7.35.